The third-order valence-electron chi connectivity index (χ3n) is 1.68. The molecule has 0 aliphatic rings. The number of benzene rings is 1. The SMILES string of the molecule is Cc1cc(I)cc(C(N)=O)c1C#N. The smallest absolute Gasteiger partial charge is 0.250 e. The van der Waals surface area contributed by atoms with E-state index in [9.17, 15) is 4.79 Å². The summed E-state index contributed by atoms with van der Waals surface area (Å²) in [6.07, 6.45) is 0. The van der Waals surface area contributed by atoms with Crippen LogP contribution in [0.5, 0.6) is 0 Å². The number of aryl methyl sites for hydroxylation is 1. The lowest BCUT2D eigenvalue weighted by atomic mass is 10.0. The van der Waals surface area contributed by atoms with Gasteiger partial charge in [-0.2, -0.15) is 5.26 Å². The highest BCUT2D eigenvalue weighted by Crippen LogP contribution is 2.17. The lowest BCUT2D eigenvalue weighted by molar-refractivity contribution is 0.1000. The molecule has 0 fully saturated rings. The summed E-state index contributed by atoms with van der Waals surface area (Å²) in [5, 5.41) is 8.78. The molecule has 0 heterocycles. The summed E-state index contributed by atoms with van der Waals surface area (Å²) < 4.78 is 0.905. The standard InChI is InChI=1S/C9H7IN2O/c1-5-2-6(10)3-7(9(12)13)8(5)4-11/h2-3H,1H3,(H2,12,13). The van der Waals surface area contributed by atoms with Crippen molar-refractivity contribution in [3.05, 3.63) is 32.4 Å². The van der Waals surface area contributed by atoms with E-state index in [1.807, 2.05) is 12.1 Å². The number of carbonyl (C=O) groups excluding carboxylic acids is 1. The predicted molar refractivity (Wildman–Crippen MR) is 57.1 cm³/mol. The molecule has 4 heteroatoms. The highest BCUT2D eigenvalue weighted by Gasteiger charge is 2.10. The second kappa shape index (κ2) is 3.75. The molecule has 1 amide bonds. The van der Waals surface area contributed by atoms with Gasteiger partial charge in [-0.15, -0.1) is 0 Å². The van der Waals surface area contributed by atoms with Crippen LogP contribution in [0, 0.1) is 21.8 Å². The zero-order valence-electron chi connectivity index (χ0n) is 6.97. The van der Waals surface area contributed by atoms with Gasteiger partial charge in [-0.25, -0.2) is 0 Å². The van der Waals surface area contributed by atoms with Crippen LogP contribution < -0.4 is 5.73 Å². The number of rotatable bonds is 1. The zero-order valence-corrected chi connectivity index (χ0v) is 9.12. The Balaban J connectivity index is 3.50. The molecular weight excluding hydrogens is 279 g/mol. The first-order chi connectivity index (χ1) is 6.06. The van der Waals surface area contributed by atoms with Gasteiger partial charge in [0.05, 0.1) is 11.1 Å². The number of nitriles is 1. The molecule has 0 saturated carbocycles. The molecule has 0 saturated heterocycles. The summed E-state index contributed by atoms with van der Waals surface area (Å²) in [6, 6.07) is 5.43. The van der Waals surface area contributed by atoms with Crippen LogP contribution >= 0.6 is 22.6 Å². The van der Waals surface area contributed by atoms with Crippen LogP contribution in [0.1, 0.15) is 21.5 Å². The topological polar surface area (TPSA) is 66.9 Å². The molecule has 1 rings (SSSR count). The van der Waals surface area contributed by atoms with Crippen LogP contribution in [0.15, 0.2) is 12.1 Å². The van der Waals surface area contributed by atoms with Crippen molar-refractivity contribution < 1.29 is 4.79 Å². The van der Waals surface area contributed by atoms with Crippen molar-refractivity contribution in [3.8, 4) is 6.07 Å². The van der Waals surface area contributed by atoms with Gasteiger partial charge < -0.3 is 5.73 Å². The second-order valence-corrected chi connectivity index (χ2v) is 3.87. The lowest BCUT2D eigenvalue weighted by Crippen LogP contribution is -2.13. The number of amides is 1. The van der Waals surface area contributed by atoms with Crippen molar-refractivity contribution >= 4 is 28.5 Å². The molecule has 2 N–H and O–H groups in total. The van der Waals surface area contributed by atoms with Gasteiger partial charge in [0, 0.05) is 3.57 Å². The quantitative estimate of drug-likeness (QED) is 0.796. The maximum absolute atomic E-state index is 11.0. The Hall–Kier alpha value is -1.09. The summed E-state index contributed by atoms with van der Waals surface area (Å²) in [4.78, 5) is 11.0. The van der Waals surface area contributed by atoms with Gasteiger partial charge in [-0.1, -0.05) is 0 Å². The monoisotopic (exact) mass is 286 g/mol. The van der Waals surface area contributed by atoms with Gasteiger partial charge in [-0.05, 0) is 47.2 Å². The fourth-order valence-electron chi connectivity index (χ4n) is 1.09. The van der Waals surface area contributed by atoms with E-state index in [0.717, 1.165) is 9.13 Å². The minimum absolute atomic E-state index is 0.298. The van der Waals surface area contributed by atoms with Crippen molar-refractivity contribution in [2.45, 2.75) is 6.92 Å². The molecule has 0 aliphatic heterocycles. The van der Waals surface area contributed by atoms with Crippen molar-refractivity contribution in [1.29, 1.82) is 5.26 Å². The Morgan fingerprint density at radius 1 is 1.62 bits per heavy atom. The number of primary amides is 1. The number of halogens is 1. The molecule has 0 unspecified atom stereocenters. The van der Waals surface area contributed by atoms with E-state index in [4.69, 9.17) is 11.0 Å². The molecule has 0 bridgehead atoms. The van der Waals surface area contributed by atoms with E-state index in [-0.39, 0.29) is 0 Å². The number of hydrogen-bond acceptors (Lipinski definition) is 2. The second-order valence-electron chi connectivity index (χ2n) is 2.62. The molecule has 1 aromatic carbocycles. The Morgan fingerprint density at radius 3 is 2.69 bits per heavy atom. The van der Waals surface area contributed by atoms with E-state index in [2.05, 4.69) is 22.6 Å². The Kier molecular flexibility index (Phi) is 2.88. The van der Waals surface area contributed by atoms with E-state index >= 15 is 0 Å². The number of hydrogen-bond donors (Lipinski definition) is 1. The van der Waals surface area contributed by atoms with Gasteiger partial charge in [0.25, 0.3) is 0 Å². The fraction of sp³-hybridized carbons (Fsp3) is 0.111. The first kappa shape index (κ1) is 9.99. The van der Waals surface area contributed by atoms with E-state index in [1.54, 1.807) is 13.0 Å². The largest absolute Gasteiger partial charge is 0.366 e. The summed E-state index contributed by atoms with van der Waals surface area (Å²) >= 11 is 2.08. The maximum atomic E-state index is 11.0. The van der Waals surface area contributed by atoms with Crippen molar-refractivity contribution in [2.75, 3.05) is 0 Å². The average molecular weight is 286 g/mol. The maximum Gasteiger partial charge on any atom is 0.250 e. The minimum atomic E-state index is -0.557. The first-order valence-corrected chi connectivity index (χ1v) is 4.64. The Morgan fingerprint density at radius 2 is 2.23 bits per heavy atom. The highest BCUT2D eigenvalue weighted by molar-refractivity contribution is 14.1. The molecule has 0 aliphatic carbocycles. The molecule has 0 radical (unpaired) electrons. The summed E-state index contributed by atoms with van der Waals surface area (Å²) in [7, 11) is 0. The van der Waals surface area contributed by atoms with Crippen molar-refractivity contribution in [2.24, 2.45) is 5.73 Å². The van der Waals surface area contributed by atoms with Gasteiger partial charge >= 0.3 is 0 Å². The van der Waals surface area contributed by atoms with Crippen LogP contribution in [-0.2, 0) is 0 Å². The van der Waals surface area contributed by atoms with Crippen LogP contribution in [0.2, 0.25) is 0 Å². The van der Waals surface area contributed by atoms with Crippen LogP contribution in [0.25, 0.3) is 0 Å². The van der Waals surface area contributed by atoms with Gasteiger partial charge in [0.1, 0.15) is 6.07 Å². The summed E-state index contributed by atoms with van der Waals surface area (Å²) in [5.41, 5.74) is 6.58. The number of nitrogens with zero attached hydrogens (tertiary/aromatic N) is 1. The molecule has 0 spiro atoms. The highest BCUT2D eigenvalue weighted by atomic mass is 127. The Labute approximate surface area is 89.7 Å². The molecular formula is C9H7IN2O. The lowest BCUT2D eigenvalue weighted by Gasteiger charge is -2.03. The molecule has 1 aromatic rings. The fourth-order valence-corrected chi connectivity index (χ4v) is 1.86. The predicted octanol–water partition coefficient (Wildman–Crippen LogP) is 1.57. The van der Waals surface area contributed by atoms with Crippen molar-refractivity contribution in [1.82, 2.24) is 0 Å². The average Bonchev–Trinajstić information content (AvgIpc) is 2.02. The van der Waals surface area contributed by atoms with Gasteiger partial charge in [0.15, 0.2) is 0 Å². The molecule has 3 nitrogen and oxygen atoms in total. The third-order valence-corrected chi connectivity index (χ3v) is 2.30. The molecule has 13 heavy (non-hydrogen) atoms. The molecule has 0 aromatic heterocycles. The number of carbonyl (C=O) groups is 1. The zero-order chi connectivity index (χ0) is 10.0. The summed E-state index contributed by atoms with van der Waals surface area (Å²) in [6.45, 7) is 1.78. The minimum Gasteiger partial charge on any atom is -0.366 e. The van der Waals surface area contributed by atoms with Gasteiger partial charge in [-0.3, -0.25) is 4.79 Å². The van der Waals surface area contributed by atoms with E-state index in [1.165, 1.54) is 0 Å². The Bertz CT molecular complexity index is 407. The molecule has 66 valence electrons. The van der Waals surface area contributed by atoms with Crippen LogP contribution in [0.3, 0.4) is 0 Å². The van der Waals surface area contributed by atoms with Crippen LogP contribution in [-0.4, -0.2) is 5.91 Å². The van der Waals surface area contributed by atoms with Crippen molar-refractivity contribution in [3.63, 3.8) is 0 Å². The van der Waals surface area contributed by atoms with E-state index in [0.29, 0.717) is 11.1 Å². The van der Waals surface area contributed by atoms with Gasteiger partial charge in [0.2, 0.25) is 5.91 Å². The van der Waals surface area contributed by atoms with Crippen LogP contribution in [0.4, 0.5) is 0 Å². The van der Waals surface area contributed by atoms with E-state index < -0.39 is 5.91 Å². The number of nitrogens with two attached hydrogens (primary N) is 1. The first-order valence-electron chi connectivity index (χ1n) is 3.56. The summed E-state index contributed by atoms with van der Waals surface area (Å²) in [5.74, 6) is -0.557. The normalized spacial score (nSPS) is 9.31. The molecule has 0 atom stereocenters. The third kappa shape index (κ3) is 1.98.